The number of H-pyrrole nitrogens is 1. The van der Waals surface area contributed by atoms with E-state index in [-0.39, 0.29) is 22.1 Å². The number of carboxylic acids is 2. The van der Waals surface area contributed by atoms with Crippen molar-refractivity contribution in [3.05, 3.63) is 43.4 Å². The third-order valence-corrected chi connectivity index (χ3v) is 10.9. The summed E-state index contributed by atoms with van der Waals surface area (Å²) in [6, 6.07) is 3.20. The number of aliphatic carboxylic acids is 2. The SMILES string of the molecule is Cc1nc(C(=O)N2CCOC3(CCN(CCCCCCCCCNC[C@H](O)c4ccc(O)c5[nH]c(=O)sc45)CC3)C2)cs1.O=C(O)C(F)(F)F.O=C(O)C(F)(F)F. The quantitative estimate of drug-likeness (QED) is 0.0855. The van der Waals surface area contributed by atoms with Gasteiger partial charge in [0, 0.05) is 37.1 Å². The number of hydrogen-bond acceptors (Lipinski definition) is 12. The van der Waals surface area contributed by atoms with E-state index in [2.05, 4.69) is 20.2 Å². The Labute approximate surface area is 331 Å². The number of carbonyl (C=O) groups excluding carboxylic acids is 1. The molecule has 1 atom stereocenters. The highest BCUT2D eigenvalue weighted by Gasteiger charge is 2.41. The predicted octanol–water partition coefficient (Wildman–Crippen LogP) is 5.69. The van der Waals surface area contributed by atoms with Crippen LogP contribution in [0.2, 0.25) is 0 Å². The smallest absolute Gasteiger partial charge is 0.490 e. The highest BCUT2D eigenvalue weighted by Crippen LogP contribution is 2.32. The number of likely N-dealkylation sites (tertiary alicyclic amines) is 1. The lowest BCUT2D eigenvalue weighted by Crippen LogP contribution is -2.58. The lowest BCUT2D eigenvalue weighted by molar-refractivity contribution is -0.193. The van der Waals surface area contributed by atoms with Crippen LogP contribution in [0.4, 0.5) is 26.3 Å². The third kappa shape index (κ3) is 15.5. The zero-order valence-corrected chi connectivity index (χ0v) is 32.7. The largest absolute Gasteiger partial charge is 0.506 e. The number of carbonyl (C=O) groups is 3. The number of aromatic hydroxyl groups is 1. The molecule has 6 N–H and O–H groups in total. The summed E-state index contributed by atoms with van der Waals surface area (Å²) in [6.07, 6.45) is -0.495. The number of aliphatic hydroxyl groups is 1. The molecule has 2 aliphatic heterocycles. The molecule has 1 aromatic carbocycles. The fourth-order valence-corrected chi connectivity index (χ4v) is 7.75. The molecule has 1 spiro atoms. The Morgan fingerprint density at radius 2 is 1.54 bits per heavy atom. The van der Waals surface area contributed by atoms with Crippen molar-refractivity contribution < 1.29 is 65.9 Å². The van der Waals surface area contributed by atoms with Crippen molar-refractivity contribution in [1.29, 1.82) is 0 Å². The Kier molecular flexibility index (Phi) is 18.2. The molecule has 57 heavy (non-hydrogen) atoms. The standard InChI is InChI=1S/C31H45N5O5S2.2C2HF3O2/c1-22-33-24(20-42-22)29(39)36-17-18-41-31(21-36)11-15-35(16-12-31)14-8-6-4-2-3-5-7-13-32-19-26(38)23-9-10-25(37)27-28(23)43-30(40)34-27;2*3-2(4,5)1(6)7/h9-10,20,26,32,37-38H,2-8,11-19,21H2,1H3,(H,34,40);2*(H,6,7)/t26-;;/m0../s1. The number of amides is 1. The van der Waals surface area contributed by atoms with Crippen LogP contribution in [0.3, 0.4) is 0 Å². The number of unbranched alkanes of at least 4 members (excludes halogenated alkanes) is 6. The van der Waals surface area contributed by atoms with E-state index < -0.39 is 30.4 Å². The summed E-state index contributed by atoms with van der Waals surface area (Å²) >= 11 is 2.54. The number of piperidine rings is 1. The molecule has 5 rings (SSSR count). The maximum absolute atomic E-state index is 12.9. The number of aromatic nitrogens is 2. The Hall–Kier alpha value is -3.83. The molecular weight excluding hydrogens is 813 g/mol. The number of phenolic OH excluding ortho intramolecular Hbond substituents is 1. The maximum Gasteiger partial charge on any atom is 0.490 e. The fraction of sp³-hybridized carbons (Fsp3) is 0.629. The van der Waals surface area contributed by atoms with Crippen LogP contribution in [-0.2, 0) is 14.3 Å². The van der Waals surface area contributed by atoms with Crippen LogP contribution in [0.25, 0.3) is 10.2 Å². The van der Waals surface area contributed by atoms with E-state index >= 15 is 0 Å². The van der Waals surface area contributed by atoms with E-state index in [4.69, 9.17) is 24.5 Å². The molecule has 2 saturated heterocycles. The Balaban J connectivity index is 0.000000531. The lowest BCUT2D eigenvalue weighted by atomic mass is 9.89. The summed E-state index contributed by atoms with van der Waals surface area (Å²) in [5.41, 5.74) is 1.42. The number of aromatic amines is 1. The van der Waals surface area contributed by atoms with Gasteiger partial charge in [-0.1, -0.05) is 49.5 Å². The molecule has 2 aliphatic rings. The molecule has 0 bridgehead atoms. The molecule has 0 unspecified atom stereocenters. The highest BCUT2D eigenvalue weighted by atomic mass is 32.1. The molecule has 320 valence electrons. The van der Waals surface area contributed by atoms with E-state index in [0.29, 0.717) is 47.7 Å². The van der Waals surface area contributed by atoms with Gasteiger partial charge in [-0.3, -0.25) is 9.59 Å². The fourth-order valence-electron chi connectivity index (χ4n) is 6.25. The van der Waals surface area contributed by atoms with Gasteiger partial charge in [0.1, 0.15) is 17.0 Å². The molecule has 3 aromatic rings. The van der Waals surface area contributed by atoms with Gasteiger partial charge in [-0.25, -0.2) is 14.6 Å². The van der Waals surface area contributed by atoms with Crippen LogP contribution < -0.4 is 10.2 Å². The first-order valence-electron chi connectivity index (χ1n) is 18.1. The minimum atomic E-state index is -5.08. The molecule has 4 heterocycles. The normalized spacial score (nSPS) is 16.4. The number of morpholine rings is 1. The van der Waals surface area contributed by atoms with Gasteiger partial charge < -0.3 is 45.3 Å². The number of phenols is 1. The second-order valence-corrected chi connectivity index (χ2v) is 15.6. The molecule has 2 fully saturated rings. The summed E-state index contributed by atoms with van der Waals surface area (Å²) < 4.78 is 70.3. The second-order valence-electron chi connectivity index (χ2n) is 13.5. The van der Waals surface area contributed by atoms with Crippen molar-refractivity contribution in [3.8, 4) is 5.75 Å². The summed E-state index contributed by atoms with van der Waals surface area (Å²) in [4.78, 5) is 53.7. The van der Waals surface area contributed by atoms with Gasteiger partial charge in [-0.2, -0.15) is 26.3 Å². The van der Waals surface area contributed by atoms with Crippen LogP contribution in [0.1, 0.15) is 85.0 Å². The van der Waals surface area contributed by atoms with E-state index in [1.165, 1.54) is 55.9 Å². The van der Waals surface area contributed by atoms with E-state index in [1.54, 1.807) is 6.07 Å². The molecule has 0 saturated carbocycles. The number of rotatable bonds is 14. The molecule has 22 heteroatoms. The molecule has 0 aliphatic carbocycles. The molecule has 0 radical (unpaired) electrons. The number of hydrogen-bond donors (Lipinski definition) is 6. The van der Waals surface area contributed by atoms with Crippen molar-refractivity contribution >= 4 is 50.7 Å². The molecule has 14 nitrogen and oxygen atoms in total. The zero-order chi connectivity index (χ0) is 42.4. The van der Waals surface area contributed by atoms with Crippen LogP contribution in [-0.4, -0.2) is 128 Å². The Morgan fingerprint density at radius 1 is 0.965 bits per heavy atom. The van der Waals surface area contributed by atoms with Crippen LogP contribution in [0.15, 0.2) is 22.3 Å². The number of alkyl halides is 6. The monoisotopic (exact) mass is 859 g/mol. The predicted molar refractivity (Wildman–Crippen MR) is 199 cm³/mol. The van der Waals surface area contributed by atoms with Gasteiger partial charge >= 0.3 is 29.2 Å². The summed E-state index contributed by atoms with van der Waals surface area (Å²) in [7, 11) is 0. The number of thiazole rings is 2. The molecule has 1 amide bonds. The van der Waals surface area contributed by atoms with Crippen molar-refractivity contribution in [3.63, 3.8) is 0 Å². The maximum atomic E-state index is 12.9. The minimum Gasteiger partial charge on any atom is -0.506 e. The number of nitrogens with one attached hydrogen (secondary N) is 2. The van der Waals surface area contributed by atoms with E-state index in [9.17, 15) is 46.1 Å². The van der Waals surface area contributed by atoms with Crippen molar-refractivity contribution in [1.82, 2.24) is 25.1 Å². The van der Waals surface area contributed by atoms with Gasteiger partial charge in [-0.05, 0) is 51.8 Å². The average Bonchev–Trinajstić information content (AvgIpc) is 3.76. The number of aryl methyl sites for hydroxylation is 1. The van der Waals surface area contributed by atoms with Crippen molar-refractivity contribution in [2.24, 2.45) is 0 Å². The lowest BCUT2D eigenvalue weighted by Gasteiger charge is -2.47. The van der Waals surface area contributed by atoms with E-state index in [0.717, 1.165) is 61.8 Å². The van der Waals surface area contributed by atoms with E-state index in [1.807, 2.05) is 17.2 Å². The second kappa shape index (κ2) is 21.8. The number of nitrogens with zero attached hydrogens (tertiary/aromatic N) is 3. The van der Waals surface area contributed by atoms with Crippen LogP contribution in [0, 0.1) is 6.92 Å². The summed E-state index contributed by atoms with van der Waals surface area (Å²) in [5, 5.41) is 40.9. The highest BCUT2D eigenvalue weighted by molar-refractivity contribution is 7.16. The van der Waals surface area contributed by atoms with Gasteiger partial charge in [0.25, 0.3) is 5.91 Å². The number of ether oxygens (including phenoxy) is 1. The topological polar surface area (TPSA) is 206 Å². The van der Waals surface area contributed by atoms with Gasteiger partial charge in [-0.15, -0.1) is 11.3 Å². The zero-order valence-electron chi connectivity index (χ0n) is 31.1. The van der Waals surface area contributed by atoms with Crippen LogP contribution >= 0.6 is 22.7 Å². The molecular formula is C35H47F6N5O9S2. The summed E-state index contributed by atoms with van der Waals surface area (Å²) in [5.74, 6) is -5.45. The van der Waals surface area contributed by atoms with Crippen molar-refractivity contribution in [2.75, 3.05) is 52.4 Å². The van der Waals surface area contributed by atoms with Crippen LogP contribution in [0.5, 0.6) is 5.75 Å². The first-order chi connectivity index (χ1) is 26.7. The Morgan fingerprint density at radius 3 is 2.11 bits per heavy atom. The van der Waals surface area contributed by atoms with Gasteiger partial charge in [0.2, 0.25) is 0 Å². The van der Waals surface area contributed by atoms with Crippen molar-refractivity contribution in [2.45, 2.75) is 88.8 Å². The number of carboxylic acid groups (broad SMARTS) is 2. The van der Waals surface area contributed by atoms with Gasteiger partial charge in [0.05, 0.1) is 34.6 Å². The number of fused-ring (bicyclic) bond motifs is 1. The number of aliphatic hydroxyl groups excluding tert-OH is 1. The third-order valence-electron chi connectivity index (χ3n) is 9.24. The number of benzene rings is 1. The first-order valence-corrected chi connectivity index (χ1v) is 19.8. The average molecular weight is 860 g/mol. The number of halogens is 6. The first kappa shape index (κ1) is 47.5. The molecule has 2 aromatic heterocycles. The Bertz CT molecular complexity index is 1790. The summed E-state index contributed by atoms with van der Waals surface area (Å²) in [6.45, 7) is 8.31. The minimum absolute atomic E-state index is 0.0247. The van der Waals surface area contributed by atoms with Gasteiger partial charge in [0.15, 0.2) is 0 Å².